The molecule has 0 radical (unpaired) electrons. The van der Waals surface area contributed by atoms with Gasteiger partial charge in [0, 0.05) is 25.6 Å². The number of aliphatic carboxylic acids is 1. The van der Waals surface area contributed by atoms with Crippen LogP contribution >= 0.6 is 0 Å². The highest BCUT2D eigenvalue weighted by atomic mass is 32.2. The molecule has 0 spiro atoms. The molecule has 2 heterocycles. The Morgan fingerprint density at radius 2 is 1.96 bits per heavy atom. The largest absolute Gasteiger partial charge is 0.573 e. The van der Waals surface area contributed by atoms with Crippen LogP contribution in [0.4, 0.5) is 13.2 Å². The minimum Gasteiger partial charge on any atom is -0.481 e. The lowest BCUT2D eigenvalue weighted by Crippen LogP contribution is -2.45. The monoisotopic (exact) mass is 395 g/mol. The molecule has 0 bridgehead atoms. The van der Waals surface area contributed by atoms with E-state index in [0.717, 1.165) is 28.6 Å². The number of carboxylic acids is 1. The van der Waals surface area contributed by atoms with Gasteiger partial charge >= 0.3 is 12.3 Å². The number of ether oxygens (including phenoxy) is 2. The Kier molecular flexibility index (Phi) is 4.65. The highest BCUT2D eigenvalue weighted by Crippen LogP contribution is 2.44. The van der Waals surface area contributed by atoms with E-state index in [1.54, 1.807) is 0 Å². The molecule has 2 aliphatic heterocycles. The maximum atomic E-state index is 12.8. The fourth-order valence-electron chi connectivity index (χ4n) is 3.40. The van der Waals surface area contributed by atoms with E-state index in [1.807, 2.05) is 0 Å². The molecule has 0 amide bonds. The fourth-order valence-corrected chi connectivity index (χ4v) is 4.95. The molecule has 0 aliphatic carbocycles. The summed E-state index contributed by atoms with van der Waals surface area (Å²) >= 11 is 0. The Bertz CT molecular complexity index is 795. The first-order valence-corrected chi connectivity index (χ1v) is 9.16. The number of fused-ring (bicyclic) bond motifs is 1. The molecule has 1 aromatic rings. The van der Waals surface area contributed by atoms with Crippen LogP contribution in [0.3, 0.4) is 0 Å². The topological polar surface area (TPSA) is 93.1 Å². The van der Waals surface area contributed by atoms with Gasteiger partial charge in [-0.3, -0.25) is 4.79 Å². The second-order valence-electron chi connectivity index (χ2n) is 6.30. The van der Waals surface area contributed by atoms with E-state index < -0.39 is 39.4 Å². The Labute approximate surface area is 147 Å². The number of alkyl halides is 3. The van der Waals surface area contributed by atoms with Gasteiger partial charge in [0.2, 0.25) is 10.0 Å². The number of benzene rings is 1. The first-order chi connectivity index (χ1) is 12.0. The van der Waals surface area contributed by atoms with Crippen molar-refractivity contribution in [1.82, 2.24) is 4.31 Å². The number of halogens is 3. The Balaban J connectivity index is 1.84. The number of sulfonamides is 1. The van der Waals surface area contributed by atoms with Crippen molar-refractivity contribution in [2.45, 2.75) is 17.7 Å². The molecule has 2 atom stereocenters. The number of carboxylic acid groups (broad SMARTS) is 1. The molecular weight excluding hydrogens is 379 g/mol. The van der Waals surface area contributed by atoms with Gasteiger partial charge in [-0.2, -0.15) is 4.31 Å². The van der Waals surface area contributed by atoms with E-state index >= 15 is 0 Å². The zero-order chi connectivity index (χ0) is 19.2. The van der Waals surface area contributed by atoms with E-state index in [0.29, 0.717) is 0 Å². The number of carbonyl (C=O) groups is 1. The predicted molar refractivity (Wildman–Crippen MR) is 80.9 cm³/mol. The molecule has 11 heteroatoms. The summed E-state index contributed by atoms with van der Waals surface area (Å²) in [5.74, 6) is -2.09. The molecule has 0 saturated carbocycles. The molecule has 1 aromatic carbocycles. The van der Waals surface area contributed by atoms with Crippen molar-refractivity contribution in [3.63, 3.8) is 0 Å². The molecule has 2 saturated heterocycles. The highest BCUT2D eigenvalue weighted by Gasteiger charge is 2.56. The van der Waals surface area contributed by atoms with Crippen molar-refractivity contribution < 1.29 is 41.0 Å². The van der Waals surface area contributed by atoms with Crippen LogP contribution in [0.1, 0.15) is 6.42 Å². The summed E-state index contributed by atoms with van der Waals surface area (Å²) in [7, 11) is -4.05. The summed E-state index contributed by atoms with van der Waals surface area (Å²) in [6, 6.07) is 3.81. The number of rotatable bonds is 4. The highest BCUT2D eigenvalue weighted by molar-refractivity contribution is 7.89. The lowest BCUT2D eigenvalue weighted by Gasteiger charge is -2.34. The molecule has 2 fully saturated rings. The van der Waals surface area contributed by atoms with E-state index in [9.17, 15) is 31.5 Å². The Morgan fingerprint density at radius 1 is 1.31 bits per heavy atom. The second-order valence-corrected chi connectivity index (χ2v) is 8.24. The molecule has 26 heavy (non-hydrogen) atoms. The van der Waals surface area contributed by atoms with Crippen molar-refractivity contribution in [3.05, 3.63) is 24.3 Å². The lowest BCUT2D eigenvalue weighted by atomic mass is 9.74. The molecule has 0 aromatic heterocycles. The third-order valence-corrected chi connectivity index (χ3v) is 6.62. The molecule has 3 rings (SSSR count). The fraction of sp³-hybridized carbons (Fsp3) is 0.533. The third-order valence-electron chi connectivity index (χ3n) is 4.80. The van der Waals surface area contributed by atoms with Gasteiger partial charge in [0.1, 0.15) is 5.75 Å². The summed E-state index contributed by atoms with van der Waals surface area (Å²) in [5, 5.41) is 9.60. The number of hydrogen-bond acceptors (Lipinski definition) is 5. The van der Waals surface area contributed by atoms with Crippen LogP contribution in [0.2, 0.25) is 0 Å². The number of nitrogens with zero attached hydrogens (tertiary/aromatic N) is 1. The van der Waals surface area contributed by atoms with E-state index in [1.165, 1.54) is 0 Å². The quantitative estimate of drug-likeness (QED) is 0.834. The van der Waals surface area contributed by atoms with E-state index in [2.05, 4.69) is 4.74 Å². The smallest absolute Gasteiger partial charge is 0.481 e. The minimum absolute atomic E-state index is 0.0184. The maximum Gasteiger partial charge on any atom is 0.573 e. The van der Waals surface area contributed by atoms with E-state index in [-0.39, 0.29) is 37.6 Å². The summed E-state index contributed by atoms with van der Waals surface area (Å²) in [4.78, 5) is 11.5. The standard InChI is InChI=1S/C15H16F3NO6S/c16-15(17,18)25-11-1-3-12(4-2-11)26(22,23)19-7-10-8-24-6-5-14(10,9-19)13(20)21/h1-4,10H,5-9H2,(H,20,21)/t10-,14+/m1/s1. The van der Waals surface area contributed by atoms with Crippen LogP contribution < -0.4 is 4.74 Å². The van der Waals surface area contributed by atoms with Crippen molar-refractivity contribution >= 4 is 16.0 Å². The second kappa shape index (κ2) is 6.39. The van der Waals surface area contributed by atoms with Gasteiger partial charge in [0.05, 0.1) is 16.9 Å². The van der Waals surface area contributed by atoms with Crippen molar-refractivity contribution in [2.75, 3.05) is 26.3 Å². The molecular formula is C15H16F3NO6S. The summed E-state index contributed by atoms with van der Waals surface area (Å²) < 4.78 is 72.2. The summed E-state index contributed by atoms with van der Waals surface area (Å²) in [6.45, 7) is 0.172. The number of hydrogen-bond donors (Lipinski definition) is 1. The van der Waals surface area contributed by atoms with Crippen molar-refractivity contribution in [1.29, 1.82) is 0 Å². The van der Waals surface area contributed by atoms with Gasteiger partial charge in [-0.25, -0.2) is 8.42 Å². The average molecular weight is 395 g/mol. The summed E-state index contributed by atoms with van der Waals surface area (Å²) in [6.07, 6.45) is -4.67. The predicted octanol–water partition coefficient (Wildman–Crippen LogP) is 1.70. The van der Waals surface area contributed by atoms with Crippen LogP contribution in [-0.4, -0.2) is 56.5 Å². The molecule has 0 unspecified atom stereocenters. The first-order valence-electron chi connectivity index (χ1n) is 7.72. The first kappa shape index (κ1) is 18.9. The van der Waals surface area contributed by atoms with Crippen molar-refractivity contribution in [2.24, 2.45) is 11.3 Å². The Morgan fingerprint density at radius 3 is 2.50 bits per heavy atom. The van der Waals surface area contributed by atoms with Gasteiger partial charge in [-0.15, -0.1) is 13.2 Å². The summed E-state index contributed by atoms with van der Waals surface area (Å²) in [5.41, 5.74) is -1.20. The van der Waals surface area contributed by atoms with Crippen molar-refractivity contribution in [3.8, 4) is 5.75 Å². The minimum atomic E-state index is -4.88. The molecule has 2 aliphatic rings. The van der Waals surface area contributed by atoms with Crippen LogP contribution in [-0.2, 0) is 19.6 Å². The normalized spacial score (nSPS) is 27.1. The van der Waals surface area contributed by atoms with Crippen LogP contribution in [0.5, 0.6) is 5.75 Å². The van der Waals surface area contributed by atoms with Crippen LogP contribution in [0, 0.1) is 11.3 Å². The maximum absolute atomic E-state index is 12.8. The van der Waals surface area contributed by atoms with Crippen LogP contribution in [0.25, 0.3) is 0 Å². The van der Waals surface area contributed by atoms with Gasteiger partial charge in [0.25, 0.3) is 0 Å². The van der Waals surface area contributed by atoms with Crippen LogP contribution in [0.15, 0.2) is 29.2 Å². The van der Waals surface area contributed by atoms with Gasteiger partial charge in [-0.1, -0.05) is 0 Å². The Hall–Kier alpha value is -1.85. The van der Waals surface area contributed by atoms with Gasteiger partial charge < -0.3 is 14.6 Å². The van der Waals surface area contributed by atoms with Gasteiger partial charge in [0.15, 0.2) is 0 Å². The lowest BCUT2D eigenvalue weighted by molar-refractivity contribution is -0.274. The zero-order valence-electron chi connectivity index (χ0n) is 13.4. The van der Waals surface area contributed by atoms with E-state index in [4.69, 9.17) is 4.74 Å². The molecule has 144 valence electrons. The zero-order valence-corrected chi connectivity index (χ0v) is 14.2. The third kappa shape index (κ3) is 3.38. The van der Waals surface area contributed by atoms with Gasteiger partial charge in [-0.05, 0) is 30.7 Å². The average Bonchev–Trinajstić information content (AvgIpc) is 2.95. The molecule has 1 N–H and O–H groups in total. The molecule has 7 nitrogen and oxygen atoms in total. The SMILES string of the molecule is O=C(O)[C@]12CCOC[C@H]1CN(S(=O)(=O)c1ccc(OC(F)(F)F)cc1)C2.